The van der Waals surface area contributed by atoms with Crippen molar-refractivity contribution < 1.29 is 27.8 Å². The number of hydrogen-bond acceptors (Lipinski definition) is 4. The molecule has 0 aromatic heterocycles. The second-order valence-electron chi connectivity index (χ2n) is 5.51. The Balaban J connectivity index is 2.19. The Morgan fingerprint density at radius 2 is 1.91 bits per heavy atom. The van der Waals surface area contributed by atoms with Crippen molar-refractivity contribution in [1.29, 1.82) is 0 Å². The Kier molecular flexibility index (Phi) is 5.18. The highest BCUT2D eigenvalue weighted by molar-refractivity contribution is 5.43. The third-order valence-corrected chi connectivity index (χ3v) is 4.05. The van der Waals surface area contributed by atoms with E-state index in [1.807, 2.05) is 0 Å². The zero-order valence-electron chi connectivity index (χ0n) is 12.3. The predicted octanol–water partition coefficient (Wildman–Crippen LogP) is 3.14. The van der Waals surface area contributed by atoms with E-state index in [4.69, 9.17) is 10.5 Å². The van der Waals surface area contributed by atoms with Gasteiger partial charge in [0.2, 0.25) is 0 Å². The number of halogens is 3. The second-order valence-corrected chi connectivity index (χ2v) is 5.51. The van der Waals surface area contributed by atoms with Gasteiger partial charge in [0.1, 0.15) is 11.5 Å². The van der Waals surface area contributed by atoms with Crippen LogP contribution in [0.15, 0.2) is 18.2 Å². The zero-order valence-corrected chi connectivity index (χ0v) is 12.3. The Morgan fingerprint density at radius 3 is 2.45 bits per heavy atom. The highest BCUT2D eigenvalue weighted by Crippen LogP contribution is 2.37. The molecule has 1 aromatic rings. The van der Waals surface area contributed by atoms with E-state index in [0.29, 0.717) is 5.56 Å². The van der Waals surface area contributed by atoms with E-state index < -0.39 is 18.5 Å². The van der Waals surface area contributed by atoms with Crippen LogP contribution >= 0.6 is 0 Å². The van der Waals surface area contributed by atoms with Crippen molar-refractivity contribution in [3.63, 3.8) is 0 Å². The Morgan fingerprint density at radius 1 is 1.27 bits per heavy atom. The molecule has 124 valence electrons. The zero-order chi connectivity index (χ0) is 16.3. The summed E-state index contributed by atoms with van der Waals surface area (Å²) in [6.45, 7) is 0. The molecule has 0 bridgehead atoms. The lowest BCUT2D eigenvalue weighted by Crippen LogP contribution is -2.32. The number of aliphatic hydroxyl groups excluding tert-OH is 1. The van der Waals surface area contributed by atoms with E-state index in [9.17, 15) is 18.3 Å². The minimum Gasteiger partial charge on any atom is -0.496 e. The van der Waals surface area contributed by atoms with Crippen LogP contribution in [0, 0.1) is 5.92 Å². The van der Waals surface area contributed by atoms with E-state index in [0.717, 1.165) is 31.7 Å². The van der Waals surface area contributed by atoms with Crippen molar-refractivity contribution in [2.24, 2.45) is 11.7 Å². The summed E-state index contributed by atoms with van der Waals surface area (Å²) in [6.07, 6.45) is -1.57. The Labute approximate surface area is 127 Å². The van der Waals surface area contributed by atoms with Gasteiger partial charge in [-0.15, -0.1) is 13.2 Å². The van der Waals surface area contributed by atoms with Crippen molar-refractivity contribution in [3.8, 4) is 11.5 Å². The fourth-order valence-electron chi connectivity index (χ4n) is 2.94. The first-order valence-electron chi connectivity index (χ1n) is 7.19. The smallest absolute Gasteiger partial charge is 0.496 e. The van der Waals surface area contributed by atoms with Crippen molar-refractivity contribution in [3.05, 3.63) is 23.8 Å². The third-order valence-electron chi connectivity index (χ3n) is 4.05. The fraction of sp³-hybridized carbons (Fsp3) is 0.600. The Hall–Kier alpha value is -1.47. The summed E-state index contributed by atoms with van der Waals surface area (Å²) in [4.78, 5) is 0. The molecule has 0 saturated heterocycles. The molecule has 1 aliphatic carbocycles. The highest BCUT2D eigenvalue weighted by atomic mass is 19.4. The molecule has 2 rings (SSSR count). The predicted molar refractivity (Wildman–Crippen MR) is 74.6 cm³/mol. The van der Waals surface area contributed by atoms with Crippen molar-refractivity contribution >= 4 is 0 Å². The molecular weight excluding hydrogens is 299 g/mol. The topological polar surface area (TPSA) is 64.7 Å². The summed E-state index contributed by atoms with van der Waals surface area (Å²) in [5.41, 5.74) is 6.55. The molecule has 0 radical (unpaired) electrons. The average Bonchev–Trinajstić information content (AvgIpc) is 2.98. The van der Waals surface area contributed by atoms with Gasteiger partial charge in [-0.1, -0.05) is 12.8 Å². The molecule has 7 heteroatoms. The van der Waals surface area contributed by atoms with Gasteiger partial charge in [-0.3, -0.25) is 0 Å². The third kappa shape index (κ3) is 4.04. The van der Waals surface area contributed by atoms with Gasteiger partial charge < -0.3 is 20.3 Å². The van der Waals surface area contributed by atoms with E-state index in [2.05, 4.69) is 4.74 Å². The number of rotatable bonds is 5. The quantitative estimate of drug-likeness (QED) is 0.875. The van der Waals surface area contributed by atoms with Crippen molar-refractivity contribution in [2.75, 3.05) is 7.11 Å². The van der Waals surface area contributed by atoms with Gasteiger partial charge in [-0.25, -0.2) is 0 Å². The standard InChI is InChI=1S/C15H20F3NO3/c1-21-12-8-10(22-15(16,17)18)6-7-11(12)13(19)14(20)9-4-2-3-5-9/h6-9,13-14,20H,2-5,19H2,1H3/t13-,14+/m1/s1. The molecule has 0 spiro atoms. The Bertz CT molecular complexity index is 501. The molecule has 3 N–H and O–H groups in total. The van der Waals surface area contributed by atoms with Gasteiger partial charge in [-0.05, 0) is 30.9 Å². The minimum atomic E-state index is -4.77. The van der Waals surface area contributed by atoms with Crippen LogP contribution in [0.25, 0.3) is 0 Å². The number of methoxy groups -OCH3 is 1. The van der Waals surface area contributed by atoms with E-state index >= 15 is 0 Å². The van der Waals surface area contributed by atoms with Gasteiger partial charge in [-0.2, -0.15) is 0 Å². The van der Waals surface area contributed by atoms with E-state index in [-0.39, 0.29) is 17.4 Å². The van der Waals surface area contributed by atoms with E-state index in [1.54, 1.807) is 0 Å². The summed E-state index contributed by atoms with van der Waals surface area (Å²) in [7, 11) is 1.34. The van der Waals surface area contributed by atoms with Crippen LogP contribution < -0.4 is 15.2 Å². The maximum Gasteiger partial charge on any atom is 0.573 e. The first-order valence-corrected chi connectivity index (χ1v) is 7.19. The monoisotopic (exact) mass is 319 g/mol. The number of nitrogens with two attached hydrogens (primary N) is 1. The van der Waals surface area contributed by atoms with E-state index in [1.165, 1.54) is 19.2 Å². The number of ether oxygens (including phenoxy) is 2. The molecule has 1 aliphatic rings. The lowest BCUT2D eigenvalue weighted by molar-refractivity contribution is -0.274. The van der Waals surface area contributed by atoms with Crippen LogP contribution in [0.4, 0.5) is 13.2 Å². The molecule has 22 heavy (non-hydrogen) atoms. The minimum absolute atomic E-state index is 0.116. The summed E-state index contributed by atoms with van der Waals surface area (Å²) in [5, 5.41) is 10.4. The number of benzene rings is 1. The molecule has 1 aromatic carbocycles. The maximum atomic E-state index is 12.2. The molecular formula is C15H20F3NO3. The summed E-state index contributed by atoms with van der Waals surface area (Å²) < 4.78 is 45.7. The molecule has 2 atom stereocenters. The number of hydrogen-bond donors (Lipinski definition) is 2. The van der Waals surface area contributed by atoms with Crippen LogP contribution in [-0.2, 0) is 0 Å². The molecule has 0 amide bonds. The van der Waals surface area contributed by atoms with Gasteiger partial charge in [0.25, 0.3) is 0 Å². The molecule has 0 unspecified atom stereocenters. The summed E-state index contributed by atoms with van der Waals surface area (Å²) >= 11 is 0. The molecule has 0 aliphatic heterocycles. The first kappa shape index (κ1) is 16.9. The van der Waals surface area contributed by atoms with Crippen LogP contribution in [0.2, 0.25) is 0 Å². The SMILES string of the molecule is COc1cc(OC(F)(F)F)ccc1[C@@H](N)[C@@H](O)C1CCCC1. The lowest BCUT2D eigenvalue weighted by Gasteiger charge is -2.26. The number of alkyl halides is 3. The van der Waals surface area contributed by atoms with Crippen LogP contribution in [0.5, 0.6) is 11.5 Å². The van der Waals surface area contributed by atoms with Crippen molar-refractivity contribution in [2.45, 2.75) is 44.2 Å². The molecule has 4 nitrogen and oxygen atoms in total. The highest BCUT2D eigenvalue weighted by Gasteiger charge is 2.33. The maximum absolute atomic E-state index is 12.2. The first-order chi connectivity index (χ1) is 10.3. The lowest BCUT2D eigenvalue weighted by atomic mass is 9.90. The molecule has 1 fully saturated rings. The van der Waals surface area contributed by atoms with Gasteiger partial charge in [0.05, 0.1) is 19.3 Å². The largest absolute Gasteiger partial charge is 0.573 e. The van der Waals surface area contributed by atoms with Gasteiger partial charge in [0.15, 0.2) is 0 Å². The number of aliphatic hydroxyl groups is 1. The summed E-state index contributed by atoms with van der Waals surface area (Å²) in [5.74, 6) is -0.0900. The summed E-state index contributed by atoms with van der Waals surface area (Å²) in [6, 6.07) is 3.00. The normalized spacial score (nSPS) is 19.0. The molecule has 1 saturated carbocycles. The van der Waals surface area contributed by atoms with Crippen LogP contribution in [0.1, 0.15) is 37.3 Å². The van der Waals surface area contributed by atoms with Crippen molar-refractivity contribution in [1.82, 2.24) is 0 Å². The van der Waals surface area contributed by atoms with Crippen LogP contribution in [0.3, 0.4) is 0 Å². The average molecular weight is 319 g/mol. The van der Waals surface area contributed by atoms with Gasteiger partial charge in [0, 0.05) is 11.6 Å². The fourth-order valence-corrected chi connectivity index (χ4v) is 2.94. The second kappa shape index (κ2) is 6.75. The van der Waals surface area contributed by atoms with Gasteiger partial charge >= 0.3 is 6.36 Å². The van der Waals surface area contributed by atoms with Crippen LogP contribution in [-0.4, -0.2) is 24.7 Å². The molecule has 0 heterocycles.